The molecule has 2 aromatic heterocycles. The molecule has 0 atom stereocenters. The largest absolute Gasteiger partial charge is 0.449 e. The number of amides is 1. The van der Waals surface area contributed by atoms with Crippen molar-refractivity contribution in [1.82, 2.24) is 19.7 Å². The van der Waals surface area contributed by atoms with E-state index in [0.717, 1.165) is 53.4 Å². The highest BCUT2D eigenvalue weighted by atomic mass is 16.6. The number of likely N-dealkylation sites (tertiary alicyclic amines) is 1. The highest BCUT2D eigenvalue weighted by molar-refractivity contribution is 5.85. The van der Waals surface area contributed by atoms with Crippen molar-refractivity contribution in [2.75, 3.05) is 19.7 Å². The van der Waals surface area contributed by atoms with Crippen molar-refractivity contribution in [1.29, 1.82) is 0 Å². The maximum Gasteiger partial charge on any atom is 0.409 e. The Labute approximate surface area is 176 Å². The minimum absolute atomic E-state index is 0.164. The average Bonchev–Trinajstić information content (AvgIpc) is 3.36. The Hall–Kier alpha value is -2.89. The van der Waals surface area contributed by atoms with E-state index in [0.29, 0.717) is 25.7 Å². The van der Waals surface area contributed by atoms with Gasteiger partial charge in [-0.1, -0.05) is 19.1 Å². The molecule has 1 amide bonds. The van der Waals surface area contributed by atoms with Crippen LogP contribution in [0.4, 0.5) is 4.79 Å². The molecule has 0 unspecified atom stereocenters. The van der Waals surface area contributed by atoms with Crippen molar-refractivity contribution in [2.45, 2.75) is 45.6 Å². The van der Waals surface area contributed by atoms with Gasteiger partial charge in [-0.2, -0.15) is 5.10 Å². The zero-order valence-electron chi connectivity index (χ0n) is 17.7. The molecule has 2 aliphatic rings. The van der Waals surface area contributed by atoms with E-state index in [1.165, 1.54) is 0 Å². The number of carbonyl (C=O) groups excluding carboxylic acids is 1. The van der Waals surface area contributed by atoms with Crippen molar-refractivity contribution in [3.8, 4) is 11.1 Å². The number of pyridine rings is 1. The minimum Gasteiger partial charge on any atom is -0.449 e. The molecule has 156 valence electrons. The molecule has 30 heavy (non-hydrogen) atoms. The number of fused-ring (bicyclic) bond motifs is 1. The summed E-state index contributed by atoms with van der Waals surface area (Å²) in [6, 6.07) is 10.9. The standard InChI is InChI=1S/C24H28N4O2/c1-17-21(4-3-11-25-17)18-5-6-22-19(14-18)15-26-28(22)20-7-12-27(13-8-20)23(29)30-16-24(2)9-10-24/h3-6,11,14-15,20H,7-10,12-13,16H2,1-2H3. The molecule has 1 aliphatic heterocycles. The lowest BCUT2D eigenvalue weighted by Gasteiger charge is -2.32. The van der Waals surface area contributed by atoms with Crippen LogP contribution in [-0.4, -0.2) is 45.5 Å². The number of hydrogen-bond donors (Lipinski definition) is 0. The molecule has 0 bridgehead atoms. The summed E-state index contributed by atoms with van der Waals surface area (Å²) >= 11 is 0. The van der Waals surface area contributed by atoms with Crippen molar-refractivity contribution >= 4 is 17.0 Å². The topological polar surface area (TPSA) is 60.2 Å². The molecule has 6 nitrogen and oxygen atoms in total. The Bertz CT molecular complexity index is 1080. The van der Waals surface area contributed by atoms with E-state index in [1.807, 2.05) is 30.3 Å². The number of aromatic nitrogens is 3. The van der Waals surface area contributed by atoms with Crippen LogP contribution in [0.15, 0.2) is 42.7 Å². The number of benzene rings is 1. The highest BCUT2D eigenvalue weighted by Crippen LogP contribution is 2.45. The van der Waals surface area contributed by atoms with Gasteiger partial charge in [0.15, 0.2) is 0 Å². The van der Waals surface area contributed by atoms with Gasteiger partial charge in [-0.05, 0) is 56.4 Å². The first-order chi connectivity index (χ1) is 14.5. The van der Waals surface area contributed by atoms with Crippen LogP contribution < -0.4 is 0 Å². The van der Waals surface area contributed by atoms with Crippen molar-refractivity contribution in [3.05, 3.63) is 48.4 Å². The lowest BCUT2D eigenvalue weighted by molar-refractivity contribution is 0.0739. The summed E-state index contributed by atoms with van der Waals surface area (Å²) < 4.78 is 7.66. The van der Waals surface area contributed by atoms with E-state index in [1.54, 1.807) is 0 Å². The third-order valence-electron chi connectivity index (χ3n) is 6.63. The summed E-state index contributed by atoms with van der Waals surface area (Å²) in [5.41, 5.74) is 4.71. The van der Waals surface area contributed by atoms with Gasteiger partial charge in [0.2, 0.25) is 0 Å². The molecule has 5 rings (SSSR count). The Morgan fingerprint density at radius 3 is 2.77 bits per heavy atom. The van der Waals surface area contributed by atoms with Gasteiger partial charge < -0.3 is 9.64 Å². The quantitative estimate of drug-likeness (QED) is 0.615. The van der Waals surface area contributed by atoms with E-state index in [2.05, 4.69) is 46.0 Å². The highest BCUT2D eigenvalue weighted by Gasteiger charge is 2.39. The van der Waals surface area contributed by atoms with Gasteiger partial charge in [0, 0.05) is 41.3 Å². The lowest BCUT2D eigenvalue weighted by atomic mass is 10.0. The third-order valence-corrected chi connectivity index (χ3v) is 6.63. The second-order valence-electron chi connectivity index (χ2n) is 9.08. The van der Waals surface area contributed by atoms with Gasteiger partial charge in [0.05, 0.1) is 24.4 Å². The van der Waals surface area contributed by atoms with E-state index in [9.17, 15) is 4.79 Å². The SMILES string of the molecule is Cc1ncccc1-c1ccc2c(cnn2C2CCN(C(=O)OCC3(C)CC3)CC2)c1. The van der Waals surface area contributed by atoms with Gasteiger partial charge in [0.1, 0.15) is 0 Å². The predicted octanol–water partition coefficient (Wildman–Crippen LogP) is 4.98. The molecule has 6 heteroatoms. The number of nitrogens with zero attached hydrogens (tertiary/aromatic N) is 4. The monoisotopic (exact) mass is 404 g/mol. The van der Waals surface area contributed by atoms with E-state index < -0.39 is 0 Å². The Balaban J connectivity index is 1.27. The van der Waals surface area contributed by atoms with Gasteiger partial charge in [0.25, 0.3) is 0 Å². The van der Waals surface area contributed by atoms with Crippen molar-refractivity contribution in [3.63, 3.8) is 0 Å². The zero-order chi connectivity index (χ0) is 20.7. The predicted molar refractivity (Wildman–Crippen MR) is 116 cm³/mol. The molecule has 1 aliphatic carbocycles. The van der Waals surface area contributed by atoms with Crippen molar-refractivity contribution < 1.29 is 9.53 Å². The molecule has 0 spiro atoms. The molecule has 0 N–H and O–H groups in total. The number of hydrogen-bond acceptors (Lipinski definition) is 4. The normalized spacial score (nSPS) is 18.5. The first-order valence-corrected chi connectivity index (χ1v) is 10.8. The van der Waals surface area contributed by atoms with Gasteiger partial charge in [-0.15, -0.1) is 0 Å². The molecule has 1 saturated heterocycles. The van der Waals surface area contributed by atoms with Gasteiger partial charge in [-0.3, -0.25) is 9.67 Å². The van der Waals surface area contributed by atoms with Gasteiger partial charge >= 0.3 is 6.09 Å². The molecule has 1 aromatic carbocycles. The Kier molecular flexibility index (Phi) is 4.72. The smallest absolute Gasteiger partial charge is 0.409 e. The van der Waals surface area contributed by atoms with Crippen LogP contribution >= 0.6 is 0 Å². The first-order valence-electron chi connectivity index (χ1n) is 10.8. The van der Waals surface area contributed by atoms with Crippen LogP contribution in [-0.2, 0) is 4.74 Å². The molecule has 3 aromatic rings. The second kappa shape index (κ2) is 7.42. The molecule has 1 saturated carbocycles. The summed E-state index contributed by atoms with van der Waals surface area (Å²) in [4.78, 5) is 18.6. The number of ether oxygens (including phenoxy) is 1. The van der Waals surface area contributed by atoms with E-state index in [-0.39, 0.29) is 11.5 Å². The third kappa shape index (κ3) is 3.66. The molecule has 2 fully saturated rings. The first kappa shape index (κ1) is 19.1. The summed E-state index contributed by atoms with van der Waals surface area (Å²) in [7, 11) is 0. The fourth-order valence-corrected chi connectivity index (χ4v) is 4.28. The number of piperidine rings is 1. The summed E-state index contributed by atoms with van der Waals surface area (Å²) in [6.45, 7) is 6.19. The Morgan fingerprint density at radius 2 is 2.03 bits per heavy atom. The minimum atomic E-state index is -0.164. The molecular weight excluding hydrogens is 376 g/mol. The fraction of sp³-hybridized carbons (Fsp3) is 0.458. The van der Waals surface area contributed by atoms with Crippen LogP contribution in [0.5, 0.6) is 0 Å². The van der Waals surface area contributed by atoms with Crippen LogP contribution in [0.25, 0.3) is 22.0 Å². The molecule has 3 heterocycles. The number of carbonyl (C=O) groups is 1. The second-order valence-corrected chi connectivity index (χ2v) is 9.08. The summed E-state index contributed by atoms with van der Waals surface area (Å²) in [6.07, 6.45) is 7.72. The van der Waals surface area contributed by atoms with Crippen LogP contribution in [0.1, 0.15) is 44.3 Å². The lowest BCUT2D eigenvalue weighted by Crippen LogP contribution is -2.40. The van der Waals surface area contributed by atoms with E-state index >= 15 is 0 Å². The van der Waals surface area contributed by atoms with Crippen LogP contribution in [0.2, 0.25) is 0 Å². The number of aryl methyl sites for hydroxylation is 1. The van der Waals surface area contributed by atoms with E-state index in [4.69, 9.17) is 4.74 Å². The average molecular weight is 405 g/mol. The zero-order valence-corrected chi connectivity index (χ0v) is 17.7. The molecule has 0 radical (unpaired) electrons. The fourth-order valence-electron chi connectivity index (χ4n) is 4.28. The maximum absolute atomic E-state index is 12.4. The van der Waals surface area contributed by atoms with Gasteiger partial charge in [-0.25, -0.2) is 4.79 Å². The summed E-state index contributed by atoms with van der Waals surface area (Å²) in [5, 5.41) is 5.82. The Morgan fingerprint density at radius 1 is 1.23 bits per heavy atom. The summed E-state index contributed by atoms with van der Waals surface area (Å²) in [5.74, 6) is 0. The van der Waals surface area contributed by atoms with Crippen LogP contribution in [0, 0.1) is 12.3 Å². The molecular formula is C24H28N4O2. The number of rotatable bonds is 4. The van der Waals surface area contributed by atoms with Crippen molar-refractivity contribution in [2.24, 2.45) is 5.41 Å². The van der Waals surface area contributed by atoms with Crippen LogP contribution in [0.3, 0.4) is 0 Å². The maximum atomic E-state index is 12.4.